The van der Waals surface area contributed by atoms with Crippen molar-refractivity contribution in [1.82, 2.24) is 0 Å². The number of benzene rings is 1. The SMILES string of the molecule is CCCOc1ccc2c(c1)[C@@H](N)CO2. The third-order valence-electron chi connectivity index (χ3n) is 2.27. The highest BCUT2D eigenvalue weighted by Crippen LogP contribution is 2.33. The Morgan fingerprint density at radius 1 is 1.57 bits per heavy atom. The van der Waals surface area contributed by atoms with Crippen LogP contribution in [0.25, 0.3) is 0 Å². The summed E-state index contributed by atoms with van der Waals surface area (Å²) in [6, 6.07) is 5.82. The van der Waals surface area contributed by atoms with E-state index in [2.05, 4.69) is 6.92 Å². The maximum absolute atomic E-state index is 5.86. The van der Waals surface area contributed by atoms with Gasteiger partial charge in [-0.05, 0) is 24.6 Å². The van der Waals surface area contributed by atoms with Gasteiger partial charge in [0, 0.05) is 5.56 Å². The van der Waals surface area contributed by atoms with E-state index in [1.165, 1.54) is 0 Å². The maximum atomic E-state index is 5.86. The lowest BCUT2D eigenvalue weighted by Crippen LogP contribution is -2.10. The number of hydrogen-bond acceptors (Lipinski definition) is 3. The van der Waals surface area contributed by atoms with Crippen LogP contribution in [0.2, 0.25) is 0 Å². The Labute approximate surface area is 83.8 Å². The highest BCUT2D eigenvalue weighted by molar-refractivity contribution is 5.44. The van der Waals surface area contributed by atoms with Gasteiger partial charge in [0.05, 0.1) is 12.6 Å². The Balaban J connectivity index is 2.17. The Morgan fingerprint density at radius 3 is 3.21 bits per heavy atom. The number of fused-ring (bicyclic) bond motifs is 1. The Hall–Kier alpha value is -1.22. The van der Waals surface area contributed by atoms with Gasteiger partial charge < -0.3 is 15.2 Å². The van der Waals surface area contributed by atoms with Gasteiger partial charge in [0.1, 0.15) is 18.1 Å². The van der Waals surface area contributed by atoms with Crippen molar-refractivity contribution >= 4 is 0 Å². The van der Waals surface area contributed by atoms with E-state index in [4.69, 9.17) is 15.2 Å². The molecule has 1 heterocycles. The molecule has 0 saturated heterocycles. The van der Waals surface area contributed by atoms with E-state index in [0.717, 1.165) is 30.1 Å². The van der Waals surface area contributed by atoms with E-state index in [1.54, 1.807) is 0 Å². The Morgan fingerprint density at radius 2 is 2.43 bits per heavy atom. The molecule has 0 saturated carbocycles. The van der Waals surface area contributed by atoms with Gasteiger partial charge in [0.2, 0.25) is 0 Å². The minimum atomic E-state index is -0.00447. The van der Waals surface area contributed by atoms with E-state index in [-0.39, 0.29) is 6.04 Å². The smallest absolute Gasteiger partial charge is 0.124 e. The van der Waals surface area contributed by atoms with Crippen LogP contribution in [-0.4, -0.2) is 13.2 Å². The van der Waals surface area contributed by atoms with Crippen LogP contribution in [0.3, 0.4) is 0 Å². The van der Waals surface area contributed by atoms with Gasteiger partial charge in [-0.1, -0.05) is 6.92 Å². The van der Waals surface area contributed by atoms with Crippen LogP contribution in [0.1, 0.15) is 24.9 Å². The van der Waals surface area contributed by atoms with Crippen LogP contribution >= 0.6 is 0 Å². The molecule has 0 aromatic heterocycles. The summed E-state index contributed by atoms with van der Waals surface area (Å²) < 4.78 is 10.9. The first-order valence-corrected chi connectivity index (χ1v) is 4.96. The zero-order valence-electron chi connectivity index (χ0n) is 8.32. The lowest BCUT2D eigenvalue weighted by molar-refractivity contribution is 0.316. The van der Waals surface area contributed by atoms with Gasteiger partial charge >= 0.3 is 0 Å². The monoisotopic (exact) mass is 193 g/mol. The van der Waals surface area contributed by atoms with Crippen LogP contribution in [0.4, 0.5) is 0 Å². The van der Waals surface area contributed by atoms with E-state index in [0.29, 0.717) is 6.61 Å². The lowest BCUT2D eigenvalue weighted by atomic mass is 10.1. The number of hydrogen-bond donors (Lipinski definition) is 1. The zero-order valence-corrected chi connectivity index (χ0v) is 8.32. The average molecular weight is 193 g/mol. The molecule has 0 bridgehead atoms. The molecule has 0 fully saturated rings. The Kier molecular flexibility index (Phi) is 2.59. The van der Waals surface area contributed by atoms with Gasteiger partial charge in [-0.2, -0.15) is 0 Å². The maximum Gasteiger partial charge on any atom is 0.124 e. The molecule has 76 valence electrons. The second-order valence-electron chi connectivity index (χ2n) is 3.47. The van der Waals surface area contributed by atoms with Crippen molar-refractivity contribution < 1.29 is 9.47 Å². The van der Waals surface area contributed by atoms with E-state index in [9.17, 15) is 0 Å². The summed E-state index contributed by atoms with van der Waals surface area (Å²) >= 11 is 0. The predicted octanol–water partition coefficient (Wildman–Crippen LogP) is 1.87. The molecular weight excluding hydrogens is 178 g/mol. The van der Waals surface area contributed by atoms with E-state index in [1.807, 2.05) is 18.2 Å². The van der Waals surface area contributed by atoms with Gasteiger partial charge in [0.25, 0.3) is 0 Å². The van der Waals surface area contributed by atoms with Crippen molar-refractivity contribution in [3.8, 4) is 11.5 Å². The third kappa shape index (κ3) is 1.68. The zero-order chi connectivity index (χ0) is 9.97. The Bertz CT molecular complexity index is 325. The summed E-state index contributed by atoms with van der Waals surface area (Å²) in [7, 11) is 0. The molecule has 1 atom stereocenters. The summed E-state index contributed by atoms with van der Waals surface area (Å²) in [6.45, 7) is 3.41. The minimum absolute atomic E-state index is 0.00447. The van der Waals surface area contributed by atoms with Crippen molar-refractivity contribution in [3.05, 3.63) is 23.8 Å². The quantitative estimate of drug-likeness (QED) is 0.797. The van der Waals surface area contributed by atoms with Gasteiger partial charge in [-0.25, -0.2) is 0 Å². The molecule has 14 heavy (non-hydrogen) atoms. The van der Waals surface area contributed by atoms with Crippen molar-refractivity contribution in [2.24, 2.45) is 5.73 Å². The predicted molar refractivity (Wildman–Crippen MR) is 54.7 cm³/mol. The first-order valence-electron chi connectivity index (χ1n) is 4.96. The molecule has 1 aromatic carbocycles. The molecule has 0 spiro atoms. The average Bonchev–Trinajstić information content (AvgIpc) is 2.57. The number of nitrogens with two attached hydrogens (primary N) is 1. The molecule has 0 amide bonds. The summed E-state index contributed by atoms with van der Waals surface area (Å²) in [6.07, 6.45) is 1.01. The summed E-state index contributed by atoms with van der Waals surface area (Å²) in [5, 5.41) is 0. The molecule has 1 aliphatic rings. The van der Waals surface area contributed by atoms with E-state index >= 15 is 0 Å². The molecular formula is C11H15NO2. The molecule has 0 unspecified atom stereocenters. The fraction of sp³-hybridized carbons (Fsp3) is 0.455. The molecule has 0 aliphatic carbocycles. The fourth-order valence-electron chi connectivity index (χ4n) is 1.53. The third-order valence-corrected chi connectivity index (χ3v) is 2.27. The van der Waals surface area contributed by atoms with Crippen molar-refractivity contribution in [1.29, 1.82) is 0 Å². The number of rotatable bonds is 3. The highest BCUT2D eigenvalue weighted by atomic mass is 16.5. The van der Waals surface area contributed by atoms with Gasteiger partial charge in [-0.15, -0.1) is 0 Å². The summed E-state index contributed by atoms with van der Waals surface area (Å²) in [5.74, 6) is 1.77. The van der Waals surface area contributed by atoms with Gasteiger partial charge in [-0.3, -0.25) is 0 Å². The van der Waals surface area contributed by atoms with Gasteiger partial charge in [0.15, 0.2) is 0 Å². The first-order chi connectivity index (χ1) is 6.81. The van der Waals surface area contributed by atoms with Crippen LogP contribution in [0, 0.1) is 0 Å². The summed E-state index contributed by atoms with van der Waals surface area (Å²) in [5.41, 5.74) is 6.92. The molecule has 2 rings (SSSR count). The molecule has 0 radical (unpaired) electrons. The largest absolute Gasteiger partial charge is 0.494 e. The highest BCUT2D eigenvalue weighted by Gasteiger charge is 2.20. The standard InChI is InChI=1S/C11H15NO2/c1-2-5-13-8-3-4-11-9(6-8)10(12)7-14-11/h3-4,6,10H,2,5,7,12H2,1H3/t10-/m0/s1. The second kappa shape index (κ2) is 3.88. The van der Waals surface area contributed by atoms with Crippen LogP contribution in [-0.2, 0) is 0 Å². The topological polar surface area (TPSA) is 44.5 Å². The van der Waals surface area contributed by atoms with Crippen LogP contribution in [0.5, 0.6) is 11.5 Å². The molecule has 3 nitrogen and oxygen atoms in total. The number of ether oxygens (including phenoxy) is 2. The first kappa shape index (κ1) is 9.34. The minimum Gasteiger partial charge on any atom is -0.494 e. The van der Waals surface area contributed by atoms with E-state index < -0.39 is 0 Å². The molecule has 1 aromatic rings. The van der Waals surface area contributed by atoms with Crippen LogP contribution < -0.4 is 15.2 Å². The normalized spacial score (nSPS) is 18.9. The molecule has 3 heteroatoms. The van der Waals surface area contributed by atoms with Crippen molar-refractivity contribution in [2.75, 3.05) is 13.2 Å². The fourth-order valence-corrected chi connectivity index (χ4v) is 1.53. The van der Waals surface area contributed by atoms with Crippen molar-refractivity contribution in [2.45, 2.75) is 19.4 Å². The van der Waals surface area contributed by atoms with Crippen LogP contribution in [0.15, 0.2) is 18.2 Å². The molecule has 1 aliphatic heterocycles. The summed E-state index contributed by atoms with van der Waals surface area (Å²) in [4.78, 5) is 0. The second-order valence-corrected chi connectivity index (χ2v) is 3.47. The van der Waals surface area contributed by atoms with Crippen molar-refractivity contribution in [3.63, 3.8) is 0 Å². The molecule has 2 N–H and O–H groups in total. The lowest BCUT2D eigenvalue weighted by Gasteiger charge is -2.06.